The number of hydrogen-bond acceptors (Lipinski definition) is 2. The highest BCUT2D eigenvalue weighted by molar-refractivity contribution is 9.10. The average Bonchev–Trinajstić information content (AvgIpc) is 2.99. The van der Waals surface area contributed by atoms with E-state index in [4.69, 9.17) is 0 Å². The number of rotatable bonds is 7. The predicted molar refractivity (Wildman–Crippen MR) is 127 cm³/mol. The van der Waals surface area contributed by atoms with Gasteiger partial charge in [0.2, 0.25) is 0 Å². The Bertz CT molecular complexity index is 859. The van der Waals surface area contributed by atoms with E-state index in [2.05, 4.69) is 62.9 Å². The zero-order chi connectivity index (χ0) is 20.9. The summed E-state index contributed by atoms with van der Waals surface area (Å²) in [6.45, 7) is 3.17. The molecule has 1 saturated carbocycles. The fraction of sp³-hybridized carbons (Fsp3) is 0.640. The smallest absolute Gasteiger partial charge is 0.281 e. The van der Waals surface area contributed by atoms with E-state index < -0.39 is 0 Å². The monoisotopic (exact) mass is 473 g/mol. The summed E-state index contributed by atoms with van der Waals surface area (Å²) in [5.41, 5.74) is 2.77. The van der Waals surface area contributed by atoms with E-state index in [1.54, 1.807) is 0 Å². The maximum absolute atomic E-state index is 12.9. The molecule has 0 amide bonds. The summed E-state index contributed by atoms with van der Waals surface area (Å²) in [6.07, 6.45) is 12.5. The van der Waals surface area contributed by atoms with Crippen LogP contribution in [0.4, 0.5) is 0 Å². The van der Waals surface area contributed by atoms with Crippen LogP contribution in [0.3, 0.4) is 0 Å². The van der Waals surface area contributed by atoms with Crippen molar-refractivity contribution in [2.24, 2.45) is 13.0 Å². The SMILES string of the molecule is Cn1c(CN2CCC(CCCc3ccccc3)CC2)c(Br)c(=O)n1C1CCCCC1. The molecule has 2 heterocycles. The van der Waals surface area contributed by atoms with Gasteiger partial charge in [-0.3, -0.25) is 14.4 Å². The van der Waals surface area contributed by atoms with Gasteiger partial charge >= 0.3 is 0 Å². The zero-order valence-corrected chi connectivity index (χ0v) is 19.9. The summed E-state index contributed by atoms with van der Waals surface area (Å²) < 4.78 is 4.95. The highest BCUT2D eigenvalue weighted by Gasteiger charge is 2.26. The molecule has 30 heavy (non-hydrogen) atoms. The number of halogens is 1. The van der Waals surface area contributed by atoms with Gasteiger partial charge in [-0.1, -0.05) is 56.0 Å². The Hall–Kier alpha value is -1.33. The van der Waals surface area contributed by atoms with Gasteiger partial charge in [0, 0.05) is 13.6 Å². The van der Waals surface area contributed by atoms with Crippen molar-refractivity contribution in [3.05, 3.63) is 56.4 Å². The molecule has 2 aromatic rings. The van der Waals surface area contributed by atoms with Crippen molar-refractivity contribution in [1.82, 2.24) is 14.3 Å². The Morgan fingerprint density at radius 2 is 1.70 bits per heavy atom. The number of aromatic nitrogens is 2. The van der Waals surface area contributed by atoms with Gasteiger partial charge in [-0.2, -0.15) is 0 Å². The summed E-state index contributed by atoms with van der Waals surface area (Å²) in [4.78, 5) is 15.5. The third-order valence-electron chi connectivity index (χ3n) is 7.28. The molecule has 5 heteroatoms. The van der Waals surface area contributed by atoms with E-state index in [-0.39, 0.29) is 5.56 Å². The van der Waals surface area contributed by atoms with Crippen LogP contribution in [-0.4, -0.2) is 27.4 Å². The first-order chi connectivity index (χ1) is 14.6. The molecule has 1 aromatic carbocycles. The fourth-order valence-electron chi connectivity index (χ4n) is 5.43. The molecule has 4 nitrogen and oxygen atoms in total. The Kier molecular flexibility index (Phi) is 7.53. The second-order valence-corrected chi connectivity index (χ2v) is 10.1. The van der Waals surface area contributed by atoms with E-state index in [1.165, 1.54) is 56.9 Å². The standard InChI is InChI=1S/C25H36BrN3O/c1-27-23(24(26)25(30)29(27)22-13-6-3-7-14-22)19-28-17-15-21(16-18-28)12-8-11-20-9-4-2-5-10-20/h2,4-5,9-10,21-22H,3,6-8,11-19H2,1H3. The molecule has 164 valence electrons. The summed E-state index contributed by atoms with van der Waals surface area (Å²) in [5, 5.41) is 0. The van der Waals surface area contributed by atoms with Crippen molar-refractivity contribution in [3.63, 3.8) is 0 Å². The topological polar surface area (TPSA) is 30.2 Å². The maximum atomic E-state index is 12.9. The van der Waals surface area contributed by atoms with Gasteiger partial charge < -0.3 is 0 Å². The Balaban J connectivity index is 1.29. The number of benzene rings is 1. The van der Waals surface area contributed by atoms with Crippen LogP contribution in [0.5, 0.6) is 0 Å². The van der Waals surface area contributed by atoms with Crippen molar-refractivity contribution in [2.75, 3.05) is 13.1 Å². The van der Waals surface area contributed by atoms with Crippen LogP contribution in [-0.2, 0) is 20.0 Å². The summed E-state index contributed by atoms with van der Waals surface area (Å²) >= 11 is 3.63. The minimum atomic E-state index is 0.162. The first kappa shape index (κ1) is 21.9. The van der Waals surface area contributed by atoms with Gasteiger partial charge in [-0.25, -0.2) is 4.68 Å². The first-order valence-electron chi connectivity index (χ1n) is 11.9. The Morgan fingerprint density at radius 1 is 1.00 bits per heavy atom. The number of likely N-dealkylation sites (tertiary alicyclic amines) is 1. The first-order valence-corrected chi connectivity index (χ1v) is 12.6. The van der Waals surface area contributed by atoms with Crippen LogP contribution in [0.15, 0.2) is 39.6 Å². The molecular weight excluding hydrogens is 438 g/mol. The summed E-state index contributed by atoms with van der Waals surface area (Å²) in [7, 11) is 2.08. The molecule has 1 aliphatic carbocycles. The van der Waals surface area contributed by atoms with Crippen molar-refractivity contribution in [2.45, 2.75) is 76.8 Å². The molecule has 0 unspecified atom stereocenters. The van der Waals surface area contributed by atoms with Crippen LogP contribution in [0.2, 0.25) is 0 Å². The molecule has 0 atom stereocenters. The number of hydrogen-bond donors (Lipinski definition) is 0. The molecule has 1 saturated heterocycles. The van der Waals surface area contributed by atoms with Crippen LogP contribution in [0.1, 0.15) is 75.1 Å². The highest BCUT2D eigenvalue weighted by Crippen LogP contribution is 2.30. The Morgan fingerprint density at radius 3 is 2.40 bits per heavy atom. The van der Waals surface area contributed by atoms with E-state index in [0.29, 0.717) is 6.04 Å². The normalized spacial score (nSPS) is 19.4. The van der Waals surface area contributed by atoms with Crippen LogP contribution < -0.4 is 5.56 Å². The van der Waals surface area contributed by atoms with Crippen LogP contribution >= 0.6 is 15.9 Å². The number of nitrogens with zero attached hydrogens (tertiary/aromatic N) is 3. The van der Waals surface area contributed by atoms with Crippen LogP contribution in [0, 0.1) is 5.92 Å². The predicted octanol–water partition coefficient (Wildman–Crippen LogP) is 5.69. The summed E-state index contributed by atoms with van der Waals surface area (Å²) in [6, 6.07) is 11.2. The lowest BCUT2D eigenvalue weighted by Crippen LogP contribution is -2.34. The zero-order valence-electron chi connectivity index (χ0n) is 18.4. The minimum Gasteiger partial charge on any atom is -0.297 e. The van der Waals surface area contributed by atoms with E-state index in [9.17, 15) is 4.79 Å². The van der Waals surface area contributed by atoms with Crippen molar-refractivity contribution < 1.29 is 0 Å². The number of piperidine rings is 1. The molecule has 0 spiro atoms. The molecule has 2 fully saturated rings. The van der Waals surface area contributed by atoms with Gasteiger partial charge in [0.05, 0.1) is 11.7 Å². The van der Waals surface area contributed by atoms with Gasteiger partial charge in [-0.05, 0) is 79.0 Å². The lowest BCUT2D eigenvalue weighted by Gasteiger charge is -2.32. The van der Waals surface area contributed by atoms with E-state index in [1.807, 2.05) is 4.68 Å². The molecule has 2 aliphatic rings. The van der Waals surface area contributed by atoms with Crippen molar-refractivity contribution >= 4 is 15.9 Å². The molecular formula is C25H36BrN3O. The molecule has 0 N–H and O–H groups in total. The van der Waals surface area contributed by atoms with E-state index in [0.717, 1.165) is 48.6 Å². The molecule has 4 rings (SSSR count). The molecule has 0 bridgehead atoms. The van der Waals surface area contributed by atoms with Gasteiger partial charge in [0.15, 0.2) is 0 Å². The lowest BCUT2D eigenvalue weighted by molar-refractivity contribution is 0.165. The molecule has 0 radical (unpaired) electrons. The third-order valence-corrected chi connectivity index (χ3v) is 8.08. The maximum Gasteiger partial charge on any atom is 0.281 e. The minimum absolute atomic E-state index is 0.162. The van der Waals surface area contributed by atoms with Crippen molar-refractivity contribution in [3.8, 4) is 0 Å². The Labute approximate surface area is 189 Å². The second-order valence-electron chi connectivity index (χ2n) is 9.32. The number of aryl methyl sites for hydroxylation is 1. The molecule has 1 aromatic heterocycles. The highest BCUT2D eigenvalue weighted by atomic mass is 79.9. The van der Waals surface area contributed by atoms with Gasteiger partial charge in [0.1, 0.15) is 4.47 Å². The van der Waals surface area contributed by atoms with Gasteiger partial charge in [-0.15, -0.1) is 0 Å². The molecule has 1 aliphatic heterocycles. The van der Waals surface area contributed by atoms with Crippen molar-refractivity contribution in [1.29, 1.82) is 0 Å². The largest absolute Gasteiger partial charge is 0.297 e. The third kappa shape index (κ3) is 5.11. The quantitative estimate of drug-likeness (QED) is 0.516. The average molecular weight is 474 g/mol. The lowest BCUT2D eigenvalue weighted by atomic mass is 9.90. The second kappa shape index (κ2) is 10.3. The fourth-order valence-corrected chi connectivity index (χ4v) is 5.99. The summed E-state index contributed by atoms with van der Waals surface area (Å²) in [5.74, 6) is 0.851. The van der Waals surface area contributed by atoms with Gasteiger partial charge in [0.25, 0.3) is 5.56 Å². The van der Waals surface area contributed by atoms with E-state index >= 15 is 0 Å². The van der Waals surface area contributed by atoms with Crippen LogP contribution in [0.25, 0.3) is 0 Å².